The number of ether oxygens (including phenoxy) is 1. The van der Waals surface area contributed by atoms with Crippen LogP contribution in [0.1, 0.15) is 37.7 Å². The number of halogens is 1. The van der Waals surface area contributed by atoms with Crippen LogP contribution in [0.15, 0.2) is 18.2 Å². The maximum Gasteiger partial charge on any atom is 0.146 e. The fraction of sp³-hybridized carbons (Fsp3) is 0.538. The quantitative estimate of drug-likeness (QED) is 0.798. The first-order chi connectivity index (χ1) is 7.75. The van der Waals surface area contributed by atoms with Gasteiger partial charge in [0.05, 0.1) is 18.4 Å². The van der Waals surface area contributed by atoms with Crippen molar-refractivity contribution < 1.29 is 9.13 Å². The molecule has 0 spiro atoms. The summed E-state index contributed by atoms with van der Waals surface area (Å²) in [7, 11) is 0. The predicted octanol–water partition coefficient (Wildman–Crippen LogP) is 3.26. The maximum atomic E-state index is 13.2. The molecule has 0 saturated heterocycles. The Morgan fingerprint density at radius 1 is 1.25 bits per heavy atom. The molecule has 88 valence electrons. The molecule has 3 heteroatoms. The van der Waals surface area contributed by atoms with E-state index in [0.717, 1.165) is 18.4 Å². The highest BCUT2D eigenvalue weighted by molar-refractivity contribution is 5.41. The minimum Gasteiger partial charge on any atom is -0.396 e. The highest BCUT2D eigenvalue weighted by Crippen LogP contribution is 2.22. The van der Waals surface area contributed by atoms with Gasteiger partial charge in [0.1, 0.15) is 5.82 Å². The molecule has 0 heterocycles. The van der Waals surface area contributed by atoms with Crippen LogP contribution in [-0.4, -0.2) is 6.10 Å². The third-order valence-corrected chi connectivity index (χ3v) is 3.10. The zero-order chi connectivity index (χ0) is 11.4. The SMILES string of the molecule is Nc1ccc(COC2CCCCC2)cc1F. The molecule has 1 aliphatic carbocycles. The van der Waals surface area contributed by atoms with Gasteiger partial charge >= 0.3 is 0 Å². The first-order valence-corrected chi connectivity index (χ1v) is 5.91. The summed E-state index contributed by atoms with van der Waals surface area (Å²) in [6.45, 7) is 0.488. The van der Waals surface area contributed by atoms with Crippen molar-refractivity contribution in [1.29, 1.82) is 0 Å². The lowest BCUT2D eigenvalue weighted by molar-refractivity contribution is 0.0168. The van der Waals surface area contributed by atoms with E-state index in [2.05, 4.69) is 0 Å². The summed E-state index contributed by atoms with van der Waals surface area (Å²) >= 11 is 0. The fourth-order valence-electron chi connectivity index (χ4n) is 2.11. The maximum absolute atomic E-state index is 13.2. The van der Waals surface area contributed by atoms with Crippen LogP contribution in [0.25, 0.3) is 0 Å². The lowest BCUT2D eigenvalue weighted by Crippen LogP contribution is -2.16. The standard InChI is InChI=1S/C13H18FNO/c14-12-8-10(6-7-13(12)15)9-16-11-4-2-1-3-5-11/h6-8,11H,1-5,9,15H2. The summed E-state index contributed by atoms with van der Waals surface area (Å²) in [5, 5.41) is 0. The monoisotopic (exact) mass is 223 g/mol. The van der Waals surface area contributed by atoms with Crippen molar-refractivity contribution in [3.05, 3.63) is 29.6 Å². The summed E-state index contributed by atoms with van der Waals surface area (Å²) < 4.78 is 18.9. The largest absolute Gasteiger partial charge is 0.396 e. The Balaban J connectivity index is 1.86. The van der Waals surface area contributed by atoms with E-state index in [1.807, 2.05) is 6.07 Å². The molecule has 2 N–H and O–H groups in total. The smallest absolute Gasteiger partial charge is 0.146 e. The molecule has 2 nitrogen and oxygen atoms in total. The van der Waals surface area contributed by atoms with E-state index in [9.17, 15) is 4.39 Å². The number of hydrogen-bond acceptors (Lipinski definition) is 2. The first-order valence-electron chi connectivity index (χ1n) is 5.91. The predicted molar refractivity (Wildman–Crippen MR) is 62.5 cm³/mol. The molecule has 1 fully saturated rings. The molecular formula is C13H18FNO. The second-order valence-electron chi connectivity index (χ2n) is 4.43. The average Bonchev–Trinajstić information content (AvgIpc) is 2.32. The Labute approximate surface area is 95.6 Å². The zero-order valence-corrected chi connectivity index (χ0v) is 9.42. The molecule has 0 aromatic heterocycles. The molecule has 0 amide bonds. The van der Waals surface area contributed by atoms with E-state index < -0.39 is 0 Å². The van der Waals surface area contributed by atoms with Crippen molar-refractivity contribution in [1.82, 2.24) is 0 Å². The third kappa shape index (κ3) is 2.95. The van der Waals surface area contributed by atoms with Gasteiger partial charge in [0.25, 0.3) is 0 Å². The number of nitrogen functional groups attached to an aromatic ring is 1. The van der Waals surface area contributed by atoms with Crippen LogP contribution in [0, 0.1) is 5.82 Å². The van der Waals surface area contributed by atoms with Crippen molar-refractivity contribution in [3.8, 4) is 0 Å². The van der Waals surface area contributed by atoms with Crippen molar-refractivity contribution in [2.24, 2.45) is 0 Å². The van der Waals surface area contributed by atoms with Gasteiger partial charge in [0.2, 0.25) is 0 Å². The van der Waals surface area contributed by atoms with E-state index in [0.29, 0.717) is 12.7 Å². The second kappa shape index (κ2) is 5.30. The molecule has 1 saturated carbocycles. The third-order valence-electron chi connectivity index (χ3n) is 3.10. The Bertz CT molecular complexity index is 348. The molecule has 0 radical (unpaired) electrons. The molecule has 0 atom stereocenters. The summed E-state index contributed by atoms with van der Waals surface area (Å²) in [4.78, 5) is 0. The van der Waals surface area contributed by atoms with Gasteiger partial charge in [-0.25, -0.2) is 4.39 Å². The van der Waals surface area contributed by atoms with E-state index in [4.69, 9.17) is 10.5 Å². The van der Waals surface area contributed by atoms with Gasteiger partial charge in [0, 0.05) is 0 Å². The van der Waals surface area contributed by atoms with Crippen LogP contribution in [-0.2, 0) is 11.3 Å². The van der Waals surface area contributed by atoms with Crippen LogP contribution in [0.4, 0.5) is 10.1 Å². The van der Waals surface area contributed by atoms with Gasteiger partial charge in [-0.2, -0.15) is 0 Å². The van der Waals surface area contributed by atoms with E-state index in [1.165, 1.54) is 25.3 Å². The Kier molecular flexibility index (Phi) is 3.78. The number of rotatable bonds is 3. The lowest BCUT2D eigenvalue weighted by Gasteiger charge is -2.22. The minimum absolute atomic E-state index is 0.196. The van der Waals surface area contributed by atoms with Gasteiger partial charge in [0.15, 0.2) is 0 Å². The molecular weight excluding hydrogens is 205 g/mol. The van der Waals surface area contributed by atoms with Crippen LogP contribution in [0.3, 0.4) is 0 Å². The van der Waals surface area contributed by atoms with E-state index in [1.54, 1.807) is 6.07 Å². The van der Waals surface area contributed by atoms with Crippen LogP contribution >= 0.6 is 0 Å². The van der Waals surface area contributed by atoms with Crippen LogP contribution < -0.4 is 5.73 Å². The summed E-state index contributed by atoms with van der Waals surface area (Å²) in [5.74, 6) is -0.357. The van der Waals surface area contributed by atoms with Gasteiger partial charge in [-0.05, 0) is 30.5 Å². The molecule has 1 aromatic carbocycles. The summed E-state index contributed by atoms with van der Waals surface area (Å²) in [5.41, 5.74) is 6.47. The fourth-order valence-corrected chi connectivity index (χ4v) is 2.11. The molecule has 0 unspecified atom stereocenters. The van der Waals surface area contributed by atoms with Crippen LogP contribution in [0.5, 0.6) is 0 Å². The normalized spacial score (nSPS) is 17.6. The zero-order valence-electron chi connectivity index (χ0n) is 9.42. The van der Waals surface area contributed by atoms with Gasteiger partial charge in [-0.15, -0.1) is 0 Å². The van der Waals surface area contributed by atoms with Crippen molar-refractivity contribution >= 4 is 5.69 Å². The molecule has 2 rings (SSSR count). The Hall–Kier alpha value is -1.09. The van der Waals surface area contributed by atoms with Gasteiger partial charge in [-0.3, -0.25) is 0 Å². The molecule has 16 heavy (non-hydrogen) atoms. The molecule has 1 aliphatic rings. The summed E-state index contributed by atoms with van der Waals surface area (Å²) in [6.07, 6.45) is 6.45. The first kappa shape index (κ1) is 11.4. The highest BCUT2D eigenvalue weighted by atomic mass is 19.1. The van der Waals surface area contributed by atoms with Gasteiger partial charge in [-0.1, -0.05) is 25.3 Å². The van der Waals surface area contributed by atoms with E-state index in [-0.39, 0.29) is 11.5 Å². The number of anilines is 1. The Morgan fingerprint density at radius 2 is 2.00 bits per heavy atom. The Morgan fingerprint density at radius 3 is 2.69 bits per heavy atom. The van der Waals surface area contributed by atoms with Gasteiger partial charge < -0.3 is 10.5 Å². The molecule has 0 aliphatic heterocycles. The number of hydrogen-bond donors (Lipinski definition) is 1. The highest BCUT2D eigenvalue weighted by Gasteiger charge is 2.13. The number of benzene rings is 1. The average molecular weight is 223 g/mol. The van der Waals surface area contributed by atoms with Crippen molar-refractivity contribution in [2.75, 3.05) is 5.73 Å². The molecule has 0 bridgehead atoms. The van der Waals surface area contributed by atoms with Crippen molar-refractivity contribution in [2.45, 2.75) is 44.8 Å². The lowest BCUT2D eigenvalue weighted by atomic mass is 9.98. The second-order valence-corrected chi connectivity index (χ2v) is 4.43. The van der Waals surface area contributed by atoms with E-state index >= 15 is 0 Å². The van der Waals surface area contributed by atoms with Crippen molar-refractivity contribution in [3.63, 3.8) is 0 Å². The minimum atomic E-state index is -0.357. The topological polar surface area (TPSA) is 35.2 Å². The summed E-state index contributed by atoms with van der Waals surface area (Å²) in [6, 6.07) is 4.87. The van der Waals surface area contributed by atoms with Crippen LogP contribution in [0.2, 0.25) is 0 Å². The molecule has 1 aromatic rings. The number of nitrogens with two attached hydrogens (primary N) is 1.